The number of para-hydroxylation sites is 1. The number of sulfone groups is 1. The normalized spacial score (nSPS) is 14.4. The van der Waals surface area contributed by atoms with E-state index in [4.69, 9.17) is 4.74 Å². The Labute approximate surface area is 138 Å². The number of benzene rings is 3. The van der Waals surface area contributed by atoms with Crippen molar-refractivity contribution in [1.82, 2.24) is 0 Å². The van der Waals surface area contributed by atoms with E-state index >= 15 is 0 Å². The first-order valence-electron chi connectivity index (χ1n) is 7.34. The number of ether oxygens (including phenoxy) is 1. The van der Waals surface area contributed by atoms with Gasteiger partial charge in [-0.3, -0.25) is 4.79 Å². The molecular formula is C18H13NO4S. The number of fused-ring (bicyclic) bond motifs is 4. The highest BCUT2D eigenvalue weighted by Crippen LogP contribution is 2.45. The van der Waals surface area contributed by atoms with E-state index in [0.717, 1.165) is 0 Å². The van der Waals surface area contributed by atoms with Crippen LogP contribution in [0.5, 0.6) is 5.75 Å². The molecule has 0 spiro atoms. The average molecular weight is 339 g/mol. The van der Waals surface area contributed by atoms with Crippen molar-refractivity contribution in [2.45, 2.75) is 16.7 Å². The van der Waals surface area contributed by atoms with Crippen LogP contribution in [-0.2, 0) is 14.6 Å². The number of esters is 1. The fourth-order valence-electron chi connectivity index (χ4n) is 2.96. The molecule has 0 amide bonds. The van der Waals surface area contributed by atoms with Crippen LogP contribution >= 0.6 is 0 Å². The molecule has 0 aliphatic carbocycles. The summed E-state index contributed by atoms with van der Waals surface area (Å²) >= 11 is 0. The molecule has 6 heteroatoms. The number of carbonyl (C=O) groups excluding carboxylic acids is 1. The molecule has 1 N–H and O–H groups in total. The molecule has 0 fully saturated rings. The van der Waals surface area contributed by atoms with E-state index < -0.39 is 15.8 Å². The molecule has 0 bridgehead atoms. The molecule has 5 nitrogen and oxygen atoms in total. The summed E-state index contributed by atoms with van der Waals surface area (Å²) < 4.78 is 31.2. The predicted molar refractivity (Wildman–Crippen MR) is 90.4 cm³/mol. The van der Waals surface area contributed by atoms with Gasteiger partial charge in [-0.15, -0.1) is 0 Å². The van der Waals surface area contributed by atoms with E-state index in [1.54, 1.807) is 36.4 Å². The number of anilines is 2. The summed E-state index contributed by atoms with van der Waals surface area (Å²) in [6, 6.07) is 15.4. The summed E-state index contributed by atoms with van der Waals surface area (Å²) in [5, 5.41) is 4.56. The van der Waals surface area contributed by atoms with Gasteiger partial charge in [0.15, 0.2) is 0 Å². The van der Waals surface area contributed by atoms with E-state index in [-0.39, 0.29) is 15.5 Å². The van der Waals surface area contributed by atoms with Gasteiger partial charge in [0, 0.05) is 23.8 Å². The van der Waals surface area contributed by atoms with Gasteiger partial charge in [0.1, 0.15) is 5.75 Å². The average Bonchev–Trinajstić information content (AvgIpc) is 2.56. The number of rotatable bonds is 1. The third kappa shape index (κ3) is 2.07. The van der Waals surface area contributed by atoms with Crippen molar-refractivity contribution in [2.75, 3.05) is 5.32 Å². The second-order valence-corrected chi connectivity index (χ2v) is 7.40. The third-order valence-electron chi connectivity index (χ3n) is 3.95. The van der Waals surface area contributed by atoms with E-state index in [0.29, 0.717) is 22.1 Å². The Balaban J connectivity index is 2.10. The molecule has 0 radical (unpaired) electrons. The number of carbonyl (C=O) groups is 1. The standard InChI is InChI=1S/C18H13NO4S/c1-11(20)23-15-10-17-18(13-7-3-2-6-12(13)15)19-14-8-4-5-9-16(14)24(17,21)22/h2-10,19H,1H3. The molecule has 0 aromatic heterocycles. The van der Waals surface area contributed by atoms with Gasteiger partial charge >= 0.3 is 5.97 Å². The van der Waals surface area contributed by atoms with Gasteiger partial charge in [0.05, 0.1) is 21.2 Å². The molecule has 0 saturated heterocycles. The lowest BCUT2D eigenvalue weighted by Crippen LogP contribution is -2.15. The maximum atomic E-state index is 13.0. The monoisotopic (exact) mass is 339 g/mol. The van der Waals surface area contributed by atoms with Crippen molar-refractivity contribution in [1.29, 1.82) is 0 Å². The molecular weight excluding hydrogens is 326 g/mol. The molecule has 1 aliphatic heterocycles. The van der Waals surface area contributed by atoms with Crippen LogP contribution in [0.25, 0.3) is 10.8 Å². The predicted octanol–water partition coefficient (Wildman–Crippen LogP) is 3.65. The van der Waals surface area contributed by atoms with Gasteiger partial charge in [0.25, 0.3) is 0 Å². The first-order chi connectivity index (χ1) is 11.5. The molecule has 3 aromatic rings. The molecule has 0 saturated carbocycles. The van der Waals surface area contributed by atoms with Crippen LogP contribution in [0.1, 0.15) is 6.92 Å². The quantitative estimate of drug-likeness (QED) is 0.423. The topological polar surface area (TPSA) is 72.5 Å². The number of hydrogen-bond acceptors (Lipinski definition) is 5. The summed E-state index contributed by atoms with van der Waals surface area (Å²) in [7, 11) is -3.70. The summed E-state index contributed by atoms with van der Waals surface area (Å²) in [6.07, 6.45) is 0. The van der Waals surface area contributed by atoms with Crippen LogP contribution in [-0.4, -0.2) is 14.4 Å². The van der Waals surface area contributed by atoms with Crippen LogP contribution in [0, 0.1) is 0 Å². The van der Waals surface area contributed by atoms with Gasteiger partial charge in [0.2, 0.25) is 9.84 Å². The first-order valence-corrected chi connectivity index (χ1v) is 8.82. The molecule has 0 atom stereocenters. The molecule has 1 heterocycles. The smallest absolute Gasteiger partial charge is 0.308 e. The zero-order valence-electron chi connectivity index (χ0n) is 12.7. The highest BCUT2D eigenvalue weighted by Gasteiger charge is 2.31. The molecule has 4 rings (SSSR count). The Hall–Kier alpha value is -2.86. The van der Waals surface area contributed by atoms with E-state index in [9.17, 15) is 13.2 Å². The highest BCUT2D eigenvalue weighted by atomic mass is 32.2. The summed E-state index contributed by atoms with van der Waals surface area (Å²) in [5.41, 5.74) is 1.04. The lowest BCUT2D eigenvalue weighted by molar-refractivity contribution is -0.131. The summed E-state index contributed by atoms with van der Waals surface area (Å²) in [6.45, 7) is 1.29. The van der Waals surface area contributed by atoms with Gasteiger partial charge in [-0.2, -0.15) is 0 Å². The Morgan fingerprint density at radius 1 is 0.958 bits per heavy atom. The summed E-state index contributed by atoms with van der Waals surface area (Å²) in [5.74, 6) is -0.261. The fourth-order valence-corrected chi connectivity index (χ4v) is 4.55. The molecule has 3 aromatic carbocycles. The van der Waals surface area contributed by atoms with Crippen molar-refractivity contribution < 1.29 is 17.9 Å². The van der Waals surface area contributed by atoms with Gasteiger partial charge < -0.3 is 10.1 Å². The zero-order valence-corrected chi connectivity index (χ0v) is 13.6. The van der Waals surface area contributed by atoms with Crippen molar-refractivity contribution >= 4 is 38.0 Å². The largest absolute Gasteiger partial charge is 0.426 e. The Morgan fingerprint density at radius 3 is 2.38 bits per heavy atom. The third-order valence-corrected chi connectivity index (χ3v) is 5.79. The maximum absolute atomic E-state index is 13.0. The fraction of sp³-hybridized carbons (Fsp3) is 0.0556. The minimum atomic E-state index is -3.70. The van der Waals surface area contributed by atoms with Crippen molar-refractivity contribution in [3.8, 4) is 5.75 Å². The molecule has 0 unspecified atom stereocenters. The minimum Gasteiger partial charge on any atom is -0.426 e. The van der Waals surface area contributed by atoms with Gasteiger partial charge in [-0.25, -0.2) is 8.42 Å². The Kier molecular flexibility index (Phi) is 3.11. The van der Waals surface area contributed by atoms with Crippen molar-refractivity contribution in [3.63, 3.8) is 0 Å². The second-order valence-electron chi connectivity index (χ2n) is 5.51. The SMILES string of the molecule is CC(=O)Oc1cc2c(c3ccccc13)Nc1ccccc1S2(=O)=O. The number of hydrogen-bond donors (Lipinski definition) is 1. The first kappa shape index (κ1) is 14.7. The zero-order chi connectivity index (χ0) is 16.9. The molecule has 24 heavy (non-hydrogen) atoms. The molecule has 120 valence electrons. The van der Waals surface area contributed by atoms with Gasteiger partial charge in [-0.1, -0.05) is 36.4 Å². The van der Waals surface area contributed by atoms with E-state index in [1.807, 2.05) is 12.1 Å². The Morgan fingerprint density at radius 2 is 1.62 bits per heavy atom. The van der Waals surface area contributed by atoms with E-state index in [2.05, 4.69) is 5.32 Å². The van der Waals surface area contributed by atoms with Crippen molar-refractivity contribution in [3.05, 3.63) is 54.6 Å². The van der Waals surface area contributed by atoms with Crippen LogP contribution in [0.4, 0.5) is 11.4 Å². The van der Waals surface area contributed by atoms with Crippen LogP contribution in [0.2, 0.25) is 0 Å². The number of nitrogens with one attached hydrogen (secondary N) is 1. The van der Waals surface area contributed by atoms with E-state index in [1.165, 1.54) is 13.0 Å². The highest BCUT2D eigenvalue weighted by molar-refractivity contribution is 7.92. The van der Waals surface area contributed by atoms with Crippen molar-refractivity contribution in [2.24, 2.45) is 0 Å². The maximum Gasteiger partial charge on any atom is 0.308 e. The van der Waals surface area contributed by atoms with Crippen LogP contribution in [0.15, 0.2) is 64.4 Å². The van der Waals surface area contributed by atoms with Crippen LogP contribution < -0.4 is 10.1 Å². The summed E-state index contributed by atoms with van der Waals surface area (Å²) in [4.78, 5) is 11.7. The Bertz CT molecular complexity index is 1100. The lowest BCUT2D eigenvalue weighted by Gasteiger charge is -2.24. The second kappa shape index (κ2) is 5.07. The lowest BCUT2D eigenvalue weighted by atomic mass is 10.1. The molecule has 1 aliphatic rings. The minimum absolute atomic E-state index is 0.108. The van der Waals surface area contributed by atoms with Gasteiger partial charge in [-0.05, 0) is 12.1 Å². The van der Waals surface area contributed by atoms with Crippen LogP contribution in [0.3, 0.4) is 0 Å².